The van der Waals surface area contributed by atoms with Gasteiger partial charge in [-0.15, -0.1) is 5.10 Å². The molecule has 0 atom stereocenters. The minimum atomic E-state index is -4.14. The maximum absolute atomic E-state index is 13.5. The number of benzene rings is 1. The van der Waals surface area contributed by atoms with E-state index in [-0.39, 0.29) is 12.4 Å². The van der Waals surface area contributed by atoms with Crippen molar-refractivity contribution in [2.45, 2.75) is 35.8 Å². The summed E-state index contributed by atoms with van der Waals surface area (Å²) in [6.07, 6.45) is 2.86. The van der Waals surface area contributed by atoms with Crippen LogP contribution in [-0.2, 0) is 26.3 Å². The van der Waals surface area contributed by atoms with Gasteiger partial charge < -0.3 is 4.42 Å². The molecule has 0 aliphatic rings. The lowest BCUT2D eigenvalue weighted by molar-refractivity contribution is 0.392. The van der Waals surface area contributed by atoms with Crippen LogP contribution in [0.25, 0.3) is 0 Å². The molecule has 1 aromatic heterocycles. The van der Waals surface area contributed by atoms with Gasteiger partial charge in [0.1, 0.15) is 16.5 Å². The number of sulfonamides is 1. The highest BCUT2D eigenvalue weighted by Crippen LogP contribution is 2.16. The fraction of sp³-hybridized carbons (Fsp3) is 0.429. The number of unbranched alkanes of at least 4 members (excludes halogenated alkanes) is 2. The zero-order chi connectivity index (χ0) is 19.4. The van der Waals surface area contributed by atoms with E-state index >= 15 is 0 Å². The second kappa shape index (κ2) is 8.18. The van der Waals surface area contributed by atoms with E-state index in [4.69, 9.17) is 4.42 Å². The third-order valence-corrected chi connectivity index (χ3v) is 5.58. The topological polar surface area (TPSA) is 119 Å². The van der Waals surface area contributed by atoms with Gasteiger partial charge in [-0.1, -0.05) is 11.5 Å². The summed E-state index contributed by atoms with van der Waals surface area (Å²) < 4.78 is 80.1. The van der Waals surface area contributed by atoms with Gasteiger partial charge >= 0.3 is 5.22 Å². The Morgan fingerprint density at radius 3 is 2.46 bits per heavy atom. The summed E-state index contributed by atoms with van der Waals surface area (Å²) in [5.74, 6) is -1.70. The molecular weight excluding hydrogens is 392 g/mol. The summed E-state index contributed by atoms with van der Waals surface area (Å²) in [6, 6.07) is 2.20. The van der Waals surface area contributed by atoms with E-state index in [2.05, 4.69) is 14.9 Å². The lowest BCUT2D eigenvalue weighted by Gasteiger charge is -2.07. The van der Waals surface area contributed by atoms with E-state index in [1.165, 1.54) is 0 Å². The van der Waals surface area contributed by atoms with Gasteiger partial charge in [0, 0.05) is 19.2 Å². The summed E-state index contributed by atoms with van der Waals surface area (Å²) in [6.45, 7) is 0.0384. The molecule has 0 saturated heterocycles. The molecule has 144 valence electrons. The second-order valence-electron chi connectivity index (χ2n) is 5.52. The van der Waals surface area contributed by atoms with Crippen LogP contribution in [0.1, 0.15) is 25.2 Å². The van der Waals surface area contributed by atoms with Gasteiger partial charge in [-0.2, -0.15) is 0 Å². The number of rotatable bonds is 9. The molecule has 0 aliphatic heterocycles. The van der Waals surface area contributed by atoms with Gasteiger partial charge in [-0.25, -0.2) is 30.3 Å². The van der Waals surface area contributed by atoms with Gasteiger partial charge in [0.25, 0.3) is 0 Å². The maximum atomic E-state index is 13.5. The summed E-state index contributed by atoms with van der Waals surface area (Å²) in [7, 11) is -7.68. The van der Waals surface area contributed by atoms with Gasteiger partial charge in [0.05, 0.1) is 0 Å². The van der Waals surface area contributed by atoms with Crippen LogP contribution in [0.3, 0.4) is 0 Å². The van der Waals surface area contributed by atoms with Crippen molar-refractivity contribution in [1.29, 1.82) is 0 Å². The Kier molecular flexibility index (Phi) is 6.42. The molecule has 1 aromatic carbocycles. The molecule has 0 amide bonds. The average Bonchev–Trinajstić information content (AvgIpc) is 3.02. The molecule has 8 nitrogen and oxygen atoms in total. The van der Waals surface area contributed by atoms with Crippen molar-refractivity contribution < 1.29 is 30.0 Å². The number of hydrogen-bond acceptors (Lipinski definition) is 7. The number of aryl methyl sites for hydroxylation is 1. The first-order valence-electron chi connectivity index (χ1n) is 7.57. The molecule has 0 radical (unpaired) electrons. The predicted molar refractivity (Wildman–Crippen MR) is 86.5 cm³/mol. The Hall–Kier alpha value is -1.92. The Morgan fingerprint density at radius 1 is 1.08 bits per heavy atom. The summed E-state index contributed by atoms with van der Waals surface area (Å²) in [5, 5.41) is 6.59. The Labute approximate surface area is 149 Å². The molecule has 1 heterocycles. The molecule has 0 unspecified atom stereocenters. The molecule has 2 rings (SSSR count). The van der Waals surface area contributed by atoms with Crippen LogP contribution in [0, 0.1) is 11.6 Å². The molecule has 0 spiro atoms. The smallest absolute Gasteiger partial charge is 0.335 e. The lowest BCUT2D eigenvalue weighted by Crippen LogP contribution is -2.25. The monoisotopic (exact) mass is 409 g/mol. The minimum absolute atomic E-state index is 0.0384. The van der Waals surface area contributed by atoms with Gasteiger partial charge in [0.15, 0.2) is 0 Å². The highest BCUT2D eigenvalue weighted by atomic mass is 32.2. The molecule has 0 saturated carbocycles. The summed E-state index contributed by atoms with van der Waals surface area (Å²) in [5.41, 5.74) is 0. The molecule has 2 aromatic rings. The second-order valence-corrected chi connectivity index (χ2v) is 9.15. The average molecular weight is 409 g/mol. The molecule has 0 aliphatic carbocycles. The van der Waals surface area contributed by atoms with Crippen molar-refractivity contribution in [3.8, 4) is 0 Å². The standard InChI is InChI=1S/C14H17F2N3O5S2/c1-25(20,21)14-19-18-13(24-14)5-3-2-4-8-17-26(22,23)12-9-10(15)6-7-11(12)16/h6-7,9,17H,2-5,8H2,1H3. The quantitative estimate of drug-likeness (QED) is 0.622. The largest absolute Gasteiger partial charge is 0.413 e. The number of hydrogen-bond donors (Lipinski definition) is 1. The molecule has 12 heteroatoms. The molecule has 1 N–H and O–H groups in total. The van der Waals surface area contributed by atoms with Crippen molar-refractivity contribution >= 4 is 19.9 Å². The van der Waals surface area contributed by atoms with E-state index < -0.39 is 41.6 Å². The van der Waals surface area contributed by atoms with Crippen LogP contribution in [0.5, 0.6) is 0 Å². The number of nitrogens with zero attached hydrogens (tertiary/aromatic N) is 2. The number of sulfone groups is 1. The first-order valence-corrected chi connectivity index (χ1v) is 10.9. The van der Waals surface area contributed by atoms with Gasteiger partial charge in [-0.05, 0) is 31.0 Å². The van der Waals surface area contributed by atoms with Gasteiger partial charge in [-0.3, -0.25) is 0 Å². The first-order chi connectivity index (χ1) is 12.1. The van der Waals surface area contributed by atoms with Crippen molar-refractivity contribution in [2.75, 3.05) is 12.8 Å². The van der Waals surface area contributed by atoms with E-state index in [9.17, 15) is 25.6 Å². The van der Waals surface area contributed by atoms with Crippen molar-refractivity contribution in [2.24, 2.45) is 0 Å². The fourth-order valence-corrected chi connectivity index (χ4v) is 3.63. The third-order valence-electron chi connectivity index (χ3n) is 3.31. The van der Waals surface area contributed by atoms with Crippen molar-refractivity contribution in [3.63, 3.8) is 0 Å². The highest BCUT2D eigenvalue weighted by Gasteiger charge is 2.19. The van der Waals surface area contributed by atoms with E-state index in [1.807, 2.05) is 0 Å². The van der Waals surface area contributed by atoms with Crippen LogP contribution in [0.2, 0.25) is 0 Å². The van der Waals surface area contributed by atoms with Crippen LogP contribution >= 0.6 is 0 Å². The van der Waals surface area contributed by atoms with Crippen LogP contribution < -0.4 is 4.72 Å². The number of nitrogens with one attached hydrogen (secondary N) is 1. The lowest BCUT2D eigenvalue weighted by atomic mass is 10.2. The minimum Gasteiger partial charge on any atom is -0.413 e. The van der Waals surface area contributed by atoms with Crippen molar-refractivity contribution in [3.05, 3.63) is 35.7 Å². The molecule has 0 fully saturated rings. The zero-order valence-corrected chi connectivity index (χ0v) is 15.4. The summed E-state index contributed by atoms with van der Waals surface area (Å²) >= 11 is 0. The molecule has 0 bridgehead atoms. The SMILES string of the molecule is CS(=O)(=O)c1nnc(CCCCCNS(=O)(=O)c2cc(F)ccc2F)o1. The van der Waals surface area contributed by atoms with E-state index in [0.29, 0.717) is 31.7 Å². The van der Waals surface area contributed by atoms with Crippen LogP contribution in [-0.4, -0.2) is 39.8 Å². The Bertz CT molecular complexity index is 974. The van der Waals surface area contributed by atoms with E-state index in [1.54, 1.807) is 0 Å². The normalized spacial score (nSPS) is 12.4. The van der Waals surface area contributed by atoms with Crippen LogP contribution in [0.15, 0.2) is 32.7 Å². The predicted octanol–water partition coefficient (Wildman–Crippen LogP) is 1.44. The maximum Gasteiger partial charge on any atom is 0.335 e. The summed E-state index contributed by atoms with van der Waals surface area (Å²) in [4.78, 5) is -0.739. The van der Waals surface area contributed by atoms with Gasteiger partial charge in [0.2, 0.25) is 25.8 Å². The third kappa shape index (κ3) is 5.54. The fourth-order valence-electron chi connectivity index (χ4n) is 2.03. The number of halogens is 2. The molecular formula is C14H17F2N3O5S2. The van der Waals surface area contributed by atoms with E-state index in [0.717, 1.165) is 18.4 Å². The Balaban J connectivity index is 1.77. The van der Waals surface area contributed by atoms with Crippen LogP contribution in [0.4, 0.5) is 8.78 Å². The Morgan fingerprint density at radius 2 is 1.81 bits per heavy atom. The highest BCUT2D eigenvalue weighted by molar-refractivity contribution is 7.90. The zero-order valence-electron chi connectivity index (χ0n) is 13.8. The van der Waals surface area contributed by atoms with Crippen molar-refractivity contribution in [1.82, 2.24) is 14.9 Å². The molecule has 26 heavy (non-hydrogen) atoms. The first kappa shape index (κ1) is 20.4. The number of aromatic nitrogens is 2.